The molecule has 26 heavy (non-hydrogen) atoms. The smallest absolute Gasteiger partial charge is 0.176 e. The fraction of sp³-hybridized carbons (Fsp3) is 1.00. The highest BCUT2D eigenvalue weighted by molar-refractivity contribution is 5.00. The van der Waals surface area contributed by atoms with E-state index in [9.17, 15) is 15.3 Å². The summed E-state index contributed by atoms with van der Waals surface area (Å²) in [5, 5.41) is 30.5. The third-order valence-corrected chi connectivity index (χ3v) is 5.21. The molecule has 11 atom stereocenters. The number of rotatable bonds is 6. The van der Waals surface area contributed by atoms with Crippen molar-refractivity contribution in [2.24, 2.45) is 22.9 Å². The summed E-state index contributed by atoms with van der Waals surface area (Å²) < 4.78 is 22.4. The van der Waals surface area contributed by atoms with E-state index in [4.69, 9.17) is 41.9 Å². The Kier molecular flexibility index (Phi) is 6.47. The lowest BCUT2D eigenvalue weighted by molar-refractivity contribution is -0.291. The van der Waals surface area contributed by atoms with Gasteiger partial charge in [-0.05, 0) is 6.42 Å². The minimum absolute atomic E-state index is 0.0102. The van der Waals surface area contributed by atoms with Crippen LogP contribution in [0.3, 0.4) is 0 Å². The van der Waals surface area contributed by atoms with E-state index >= 15 is 0 Å². The van der Waals surface area contributed by atoms with Gasteiger partial charge in [-0.1, -0.05) is 0 Å². The van der Waals surface area contributed by atoms with Crippen LogP contribution in [0.4, 0.5) is 0 Å². The van der Waals surface area contributed by atoms with E-state index in [-0.39, 0.29) is 19.3 Å². The average molecular weight is 378 g/mol. The first-order valence-electron chi connectivity index (χ1n) is 8.88. The van der Waals surface area contributed by atoms with Crippen LogP contribution in [0.2, 0.25) is 0 Å². The van der Waals surface area contributed by atoms with Crippen LogP contribution in [0, 0.1) is 0 Å². The highest BCUT2D eigenvalue weighted by Gasteiger charge is 2.49. The number of ether oxygens (including phenoxy) is 4. The van der Waals surface area contributed by atoms with Crippen LogP contribution in [0.1, 0.15) is 6.42 Å². The van der Waals surface area contributed by atoms with E-state index in [1.807, 2.05) is 0 Å². The normalized spacial score (nSPS) is 52.0. The third kappa shape index (κ3) is 4.18. The van der Waals surface area contributed by atoms with Crippen LogP contribution >= 0.6 is 0 Å². The predicted octanol–water partition coefficient (Wildman–Crippen LogP) is -4.69. The molecule has 0 amide bonds. The van der Waals surface area contributed by atoms with Crippen molar-refractivity contribution in [1.82, 2.24) is 0 Å². The van der Waals surface area contributed by atoms with Crippen molar-refractivity contribution >= 4 is 0 Å². The Balaban J connectivity index is 1.71. The summed E-state index contributed by atoms with van der Waals surface area (Å²) in [6, 6.07) is -2.10. The lowest BCUT2D eigenvalue weighted by atomic mass is 9.84. The van der Waals surface area contributed by atoms with E-state index in [0.717, 1.165) is 0 Å². The molecule has 2 heterocycles. The molecule has 11 N–H and O–H groups in total. The number of aliphatic hydroxyl groups is 3. The summed E-state index contributed by atoms with van der Waals surface area (Å²) in [4.78, 5) is 0. The third-order valence-electron chi connectivity index (χ3n) is 5.21. The number of aliphatic hydroxyl groups excluding tert-OH is 3. The highest BCUT2D eigenvalue weighted by Crippen LogP contribution is 2.29. The van der Waals surface area contributed by atoms with Gasteiger partial charge in [-0.2, -0.15) is 0 Å². The number of hydrogen-bond donors (Lipinski definition) is 7. The summed E-state index contributed by atoms with van der Waals surface area (Å²) in [7, 11) is 0. The fourth-order valence-corrected chi connectivity index (χ4v) is 3.45. The molecule has 0 spiro atoms. The summed E-state index contributed by atoms with van der Waals surface area (Å²) in [6.07, 6.45) is -6.62. The monoisotopic (exact) mass is 378 g/mol. The molecular formula is C15H30N4O7. The maximum absolute atomic E-state index is 10.4. The van der Waals surface area contributed by atoms with Gasteiger partial charge in [0.15, 0.2) is 6.29 Å². The summed E-state index contributed by atoms with van der Waals surface area (Å²) in [6.45, 7) is 0.866. The lowest BCUT2D eigenvalue weighted by Gasteiger charge is -2.46. The first kappa shape index (κ1) is 20.3. The van der Waals surface area contributed by atoms with Gasteiger partial charge in [0.25, 0.3) is 0 Å². The molecule has 3 aliphatic rings. The van der Waals surface area contributed by atoms with Crippen LogP contribution in [-0.2, 0) is 18.9 Å². The molecule has 0 aromatic heterocycles. The Hall–Kier alpha value is -0.440. The Morgan fingerprint density at radius 3 is 2.27 bits per heavy atom. The standard InChI is InChI=1S/C15H30N4O7/c16-2-8-11(21)12(22)9(19)15(25-8)26-13-7(18)1-6(17)10(20)14(13)24-4-5-3-23-5/h5-15,20-22H,1-4,16-19H2/t5-,6-,7+,8-,9-,10+,11-,12-,13-,14-,15-/m1/s1. The minimum Gasteiger partial charge on any atom is -0.389 e. The molecule has 11 heteroatoms. The van der Waals surface area contributed by atoms with Crippen molar-refractivity contribution in [3.63, 3.8) is 0 Å². The Morgan fingerprint density at radius 1 is 0.962 bits per heavy atom. The van der Waals surface area contributed by atoms with Gasteiger partial charge in [-0.15, -0.1) is 0 Å². The second-order valence-corrected chi connectivity index (χ2v) is 7.25. The molecule has 0 aromatic carbocycles. The minimum atomic E-state index is -1.27. The molecule has 2 saturated heterocycles. The molecule has 3 fully saturated rings. The quantitative estimate of drug-likeness (QED) is 0.219. The van der Waals surface area contributed by atoms with Crippen molar-refractivity contribution in [3.05, 3.63) is 0 Å². The molecule has 0 aromatic rings. The molecule has 152 valence electrons. The molecule has 2 aliphatic heterocycles. The van der Waals surface area contributed by atoms with Gasteiger partial charge in [-0.25, -0.2) is 0 Å². The van der Waals surface area contributed by atoms with E-state index in [0.29, 0.717) is 13.0 Å². The maximum atomic E-state index is 10.4. The number of hydrogen-bond acceptors (Lipinski definition) is 11. The van der Waals surface area contributed by atoms with Gasteiger partial charge in [0.2, 0.25) is 0 Å². The van der Waals surface area contributed by atoms with Crippen molar-refractivity contribution in [2.45, 2.75) is 73.6 Å². The van der Waals surface area contributed by atoms with Gasteiger partial charge in [0, 0.05) is 18.6 Å². The zero-order valence-corrected chi connectivity index (χ0v) is 14.5. The van der Waals surface area contributed by atoms with Gasteiger partial charge in [-0.3, -0.25) is 0 Å². The van der Waals surface area contributed by atoms with Gasteiger partial charge >= 0.3 is 0 Å². The zero-order valence-electron chi connectivity index (χ0n) is 14.5. The maximum Gasteiger partial charge on any atom is 0.176 e. The molecule has 3 rings (SSSR count). The topological polar surface area (TPSA) is 205 Å². The average Bonchev–Trinajstić information content (AvgIpc) is 3.43. The first-order valence-corrected chi connectivity index (χ1v) is 8.88. The van der Waals surface area contributed by atoms with Gasteiger partial charge in [0.1, 0.15) is 36.6 Å². The molecule has 0 bridgehead atoms. The zero-order chi connectivity index (χ0) is 19.0. The molecule has 1 aliphatic carbocycles. The Bertz CT molecular complexity index is 469. The largest absolute Gasteiger partial charge is 0.389 e. The number of epoxide rings is 1. The lowest BCUT2D eigenvalue weighted by Crippen LogP contribution is -2.67. The van der Waals surface area contributed by atoms with Gasteiger partial charge in [0.05, 0.1) is 25.4 Å². The van der Waals surface area contributed by atoms with E-state index in [2.05, 4.69) is 0 Å². The van der Waals surface area contributed by atoms with E-state index in [1.165, 1.54) is 0 Å². The molecule has 0 radical (unpaired) electrons. The molecular weight excluding hydrogens is 348 g/mol. The fourth-order valence-electron chi connectivity index (χ4n) is 3.45. The van der Waals surface area contributed by atoms with Gasteiger partial charge < -0.3 is 57.2 Å². The predicted molar refractivity (Wildman–Crippen MR) is 88.6 cm³/mol. The van der Waals surface area contributed by atoms with Crippen LogP contribution < -0.4 is 22.9 Å². The van der Waals surface area contributed by atoms with Crippen LogP contribution in [-0.4, -0.2) is 102 Å². The van der Waals surface area contributed by atoms with E-state index in [1.54, 1.807) is 0 Å². The molecule has 11 nitrogen and oxygen atoms in total. The number of nitrogens with two attached hydrogens (primary N) is 4. The Morgan fingerprint density at radius 2 is 1.65 bits per heavy atom. The summed E-state index contributed by atoms with van der Waals surface area (Å²) in [5.74, 6) is 0. The highest BCUT2D eigenvalue weighted by atomic mass is 16.7. The van der Waals surface area contributed by atoms with E-state index < -0.39 is 61.0 Å². The van der Waals surface area contributed by atoms with Crippen LogP contribution in [0.5, 0.6) is 0 Å². The second-order valence-electron chi connectivity index (χ2n) is 7.25. The Labute approximate surface area is 151 Å². The SMILES string of the molecule is NC[C@H]1O[C@H](O[C@H]2[C@H](OC[C@H]3CO3)[C@@H](O)[C@H](N)C[C@@H]2N)[C@H](N)[C@@H](O)[C@@H]1O. The molecule has 1 saturated carbocycles. The van der Waals surface area contributed by atoms with Crippen molar-refractivity contribution in [2.75, 3.05) is 19.8 Å². The summed E-state index contributed by atoms with van der Waals surface area (Å²) in [5.41, 5.74) is 23.6. The first-order chi connectivity index (χ1) is 12.3. The van der Waals surface area contributed by atoms with Crippen molar-refractivity contribution in [1.29, 1.82) is 0 Å². The molecule has 0 unspecified atom stereocenters. The van der Waals surface area contributed by atoms with Crippen molar-refractivity contribution < 1.29 is 34.3 Å². The van der Waals surface area contributed by atoms with Crippen molar-refractivity contribution in [3.8, 4) is 0 Å². The van der Waals surface area contributed by atoms with Crippen LogP contribution in [0.25, 0.3) is 0 Å². The summed E-state index contributed by atoms with van der Waals surface area (Å²) >= 11 is 0. The van der Waals surface area contributed by atoms with Crippen LogP contribution in [0.15, 0.2) is 0 Å². The second kappa shape index (κ2) is 8.29.